The second-order valence-corrected chi connectivity index (χ2v) is 10.4. The molecule has 1 fully saturated rings. The maximum Gasteiger partial charge on any atom is 0.573 e. The largest absolute Gasteiger partial charge is 0.573 e. The quantitative estimate of drug-likeness (QED) is 0.283. The van der Waals surface area contributed by atoms with Gasteiger partial charge in [0.1, 0.15) is 23.9 Å². The lowest BCUT2D eigenvalue weighted by Crippen LogP contribution is -2.18. The number of rotatable bonds is 9. The van der Waals surface area contributed by atoms with Crippen LogP contribution in [0, 0.1) is 11.2 Å². The van der Waals surface area contributed by atoms with Gasteiger partial charge in [0.2, 0.25) is 0 Å². The molecule has 0 spiro atoms. The first-order chi connectivity index (χ1) is 17.9. The standard InChI is InChI=1S/C30H30F4O4/c1-29(2)14-4-7-26(29)24-16-20(18-37-21-6-3-5-19(15-21)9-13-28(35)36)8-11-23(24)25-17-22(10-12-27(25)31)38-30(32,33)34/h3,5-6,8,10-12,15-17,26H,4,7,9,13-14,18H2,1-2H3,(H,35,36). The van der Waals surface area contributed by atoms with Crippen LogP contribution in [0.15, 0.2) is 60.7 Å². The maximum absolute atomic E-state index is 15.0. The van der Waals surface area contributed by atoms with Crippen molar-refractivity contribution >= 4 is 5.97 Å². The highest BCUT2D eigenvalue weighted by atomic mass is 19.4. The molecule has 3 aromatic carbocycles. The van der Waals surface area contributed by atoms with Gasteiger partial charge in [0.25, 0.3) is 0 Å². The zero-order chi connectivity index (χ0) is 27.5. The number of ether oxygens (including phenoxy) is 2. The van der Waals surface area contributed by atoms with Gasteiger partial charge in [0.15, 0.2) is 0 Å². The van der Waals surface area contributed by atoms with Crippen LogP contribution in [0.2, 0.25) is 0 Å². The van der Waals surface area contributed by atoms with Gasteiger partial charge in [-0.15, -0.1) is 13.2 Å². The summed E-state index contributed by atoms with van der Waals surface area (Å²) in [4.78, 5) is 10.9. The van der Waals surface area contributed by atoms with E-state index < -0.39 is 23.9 Å². The van der Waals surface area contributed by atoms with E-state index in [9.17, 15) is 22.4 Å². The molecule has 3 aromatic rings. The van der Waals surface area contributed by atoms with Crippen LogP contribution in [0.1, 0.15) is 62.1 Å². The summed E-state index contributed by atoms with van der Waals surface area (Å²) in [6.45, 7) is 4.53. The van der Waals surface area contributed by atoms with Gasteiger partial charge in [-0.25, -0.2) is 4.39 Å². The Hall–Kier alpha value is -3.55. The van der Waals surface area contributed by atoms with E-state index in [1.165, 1.54) is 0 Å². The zero-order valence-electron chi connectivity index (χ0n) is 21.3. The number of carboxylic acids is 1. The number of aryl methyl sites for hydroxylation is 1. The van der Waals surface area contributed by atoms with Crippen molar-refractivity contribution in [3.8, 4) is 22.6 Å². The van der Waals surface area contributed by atoms with E-state index in [0.29, 0.717) is 17.7 Å². The number of carboxylic acid groups (broad SMARTS) is 1. The van der Waals surface area contributed by atoms with Gasteiger partial charge in [0, 0.05) is 12.0 Å². The van der Waals surface area contributed by atoms with Crippen LogP contribution in [-0.2, 0) is 17.8 Å². The lowest BCUT2D eigenvalue weighted by molar-refractivity contribution is -0.274. The summed E-state index contributed by atoms with van der Waals surface area (Å²) in [5.74, 6) is -1.28. The molecule has 1 aliphatic carbocycles. The van der Waals surface area contributed by atoms with Crippen LogP contribution in [-0.4, -0.2) is 17.4 Å². The van der Waals surface area contributed by atoms with Crippen LogP contribution in [0.4, 0.5) is 17.6 Å². The van der Waals surface area contributed by atoms with Crippen molar-refractivity contribution < 1.29 is 36.9 Å². The minimum absolute atomic E-state index is 0.0250. The normalized spacial score (nSPS) is 16.8. The Morgan fingerprint density at radius 3 is 2.47 bits per heavy atom. The van der Waals surface area contributed by atoms with Crippen LogP contribution in [0.25, 0.3) is 11.1 Å². The smallest absolute Gasteiger partial charge is 0.489 e. The summed E-state index contributed by atoms with van der Waals surface area (Å²) >= 11 is 0. The van der Waals surface area contributed by atoms with Gasteiger partial charge in [-0.2, -0.15) is 0 Å². The number of hydrogen-bond donors (Lipinski definition) is 1. The summed E-state index contributed by atoms with van der Waals surface area (Å²) in [7, 11) is 0. The minimum Gasteiger partial charge on any atom is -0.489 e. The van der Waals surface area contributed by atoms with Crippen molar-refractivity contribution in [2.24, 2.45) is 5.41 Å². The second-order valence-electron chi connectivity index (χ2n) is 10.4. The highest BCUT2D eigenvalue weighted by molar-refractivity contribution is 5.71. The van der Waals surface area contributed by atoms with E-state index in [1.807, 2.05) is 12.1 Å². The van der Waals surface area contributed by atoms with Gasteiger partial charge in [-0.05, 0) is 83.2 Å². The third-order valence-corrected chi connectivity index (χ3v) is 7.14. The summed E-state index contributed by atoms with van der Waals surface area (Å²) in [5, 5.41) is 8.92. The Kier molecular flexibility index (Phi) is 7.99. The van der Waals surface area contributed by atoms with Gasteiger partial charge >= 0.3 is 12.3 Å². The van der Waals surface area contributed by atoms with E-state index >= 15 is 0 Å². The van der Waals surface area contributed by atoms with Crippen molar-refractivity contribution in [2.75, 3.05) is 0 Å². The van der Waals surface area contributed by atoms with Crippen molar-refractivity contribution in [3.05, 3.63) is 83.2 Å². The molecule has 0 amide bonds. The molecule has 1 N–H and O–H groups in total. The highest BCUT2D eigenvalue weighted by Gasteiger charge is 2.37. The molecular formula is C30H30F4O4. The van der Waals surface area contributed by atoms with Gasteiger partial charge < -0.3 is 14.6 Å². The van der Waals surface area contributed by atoms with Crippen molar-refractivity contribution in [1.29, 1.82) is 0 Å². The summed E-state index contributed by atoms with van der Waals surface area (Å²) in [6, 6.07) is 15.8. The molecule has 1 aliphatic rings. The Morgan fingerprint density at radius 2 is 1.79 bits per heavy atom. The number of halogens is 4. The molecular weight excluding hydrogens is 500 g/mol. The van der Waals surface area contributed by atoms with E-state index in [2.05, 4.69) is 18.6 Å². The Balaban J connectivity index is 1.65. The van der Waals surface area contributed by atoms with E-state index in [4.69, 9.17) is 9.84 Å². The van der Waals surface area contributed by atoms with E-state index in [1.54, 1.807) is 30.3 Å². The Bertz CT molecular complexity index is 1300. The van der Waals surface area contributed by atoms with Crippen molar-refractivity contribution in [1.82, 2.24) is 0 Å². The number of aliphatic carboxylic acids is 1. The number of carbonyl (C=O) groups is 1. The van der Waals surface area contributed by atoms with Crippen molar-refractivity contribution in [3.63, 3.8) is 0 Å². The van der Waals surface area contributed by atoms with Crippen molar-refractivity contribution in [2.45, 2.75) is 64.8 Å². The molecule has 0 aromatic heterocycles. The predicted octanol–water partition coefficient (Wildman–Crippen LogP) is 8.28. The monoisotopic (exact) mass is 530 g/mol. The molecule has 0 radical (unpaired) electrons. The zero-order valence-corrected chi connectivity index (χ0v) is 21.3. The SMILES string of the molecule is CC1(C)CCCC1c1cc(COc2cccc(CCC(=O)O)c2)ccc1-c1cc(OC(F)(F)F)ccc1F. The number of hydrogen-bond acceptors (Lipinski definition) is 3. The molecule has 0 bridgehead atoms. The summed E-state index contributed by atoms with van der Waals surface area (Å²) in [6.07, 6.45) is -1.59. The summed E-state index contributed by atoms with van der Waals surface area (Å²) < 4.78 is 63.5. The lowest BCUT2D eigenvalue weighted by atomic mass is 9.75. The fourth-order valence-electron chi connectivity index (χ4n) is 5.26. The summed E-state index contributed by atoms with van der Waals surface area (Å²) in [5.41, 5.74) is 3.09. The van der Waals surface area contributed by atoms with Gasteiger partial charge in [-0.1, -0.05) is 50.6 Å². The molecule has 0 heterocycles. The lowest BCUT2D eigenvalue weighted by Gasteiger charge is -2.30. The molecule has 8 heteroatoms. The molecule has 1 saturated carbocycles. The molecule has 1 atom stereocenters. The highest BCUT2D eigenvalue weighted by Crippen LogP contribution is 2.51. The number of benzene rings is 3. The third kappa shape index (κ3) is 6.85. The first-order valence-corrected chi connectivity index (χ1v) is 12.5. The average molecular weight is 531 g/mol. The van der Waals surface area contributed by atoms with Crippen LogP contribution < -0.4 is 9.47 Å². The Morgan fingerprint density at radius 1 is 1.00 bits per heavy atom. The molecule has 4 rings (SSSR count). The maximum atomic E-state index is 15.0. The third-order valence-electron chi connectivity index (χ3n) is 7.14. The molecule has 38 heavy (non-hydrogen) atoms. The average Bonchev–Trinajstić information content (AvgIpc) is 3.20. The fourth-order valence-corrected chi connectivity index (χ4v) is 5.26. The topological polar surface area (TPSA) is 55.8 Å². The van der Waals surface area contributed by atoms with Gasteiger partial charge in [0.05, 0.1) is 0 Å². The van der Waals surface area contributed by atoms with Crippen LogP contribution in [0.3, 0.4) is 0 Å². The second kappa shape index (κ2) is 11.1. The number of alkyl halides is 3. The van der Waals surface area contributed by atoms with Crippen LogP contribution in [0.5, 0.6) is 11.5 Å². The molecule has 0 saturated heterocycles. The molecule has 0 aliphatic heterocycles. The minimum atomic E-state index is -4.88. The van der Waals surface area contributed by atoms with Gasteiger partial charge in [-0.3, -0.25) is 4.79 Å². The molecule has 4 nitrogen and oxygen atoms in total. The molecule has 202 valence electrons. The predicted molar refractivity (Wildman–Crippen MR) is 136 cm³/mol. The Labute approximate surface area is 219 Å². The first-order valence-electron chi connectivity index (χ1n) is 12.5. The molecule has 1 unspecified atom stereocenters. The van der Waals surface area contributed by atoms with E-state index in [0.717, 1.165) is 54.2 Å². The fraction of sp³-hybridized carbons (Fsp3) is 0.367. The first kappa shape index (κ1) is 27.5. The van der Waals surface area contributed by atoms with Crippen LogP contribution >= 0.6 is 0 Å². The van der Waals surface area contributed by atoms with E-state index in [-0.39, 0.29) is 29.9 Å².